The minimum Gasteiger partial charge on any atom is -0.505 e. The number of carboxylic acid groups (broad SMARTS) is 1. The summed E-state index contributed by atoms with van der Waals surface area (Å²) in [6.45, 7) is 0. The predicted molar refractivity (Wildman–Crippen MR) is 55.5 cm³/mol. The van der Waals surface area contributed by atoms with Crippen molar-refractivity contribution in [1.29, 1.82) is 0 Å². The number of carbonyl (C=O) groups is 1. The molecule has 0 radical (unpaired) electrons. The molecule has 0 atom stereocenters. The highest BCUT2D eigenvalue weighted by atomic mass is 35.5. The van der Waals surface area contributed by atoms with E-state index in [4.69, 9.17) is 16.7 Å². The molecular formula is C10H5ClFNO4. The molecule has 0 spiro atoms. The van der Waals surface area contributed by atoms with E-state index in [9.17, 15) is 14.3 Å². The average Bonchev–Trinajstić information content (AvgIpc) is 2.73. The van der Waals surface area contributed by atoms with E-state index in [2.05, 4.69) is 9.68 Å². The first-order valence-corrected chi connectivity index (χ1v) is 4.76. The van der Waals surface area contributed by atoms with Crippen LogP contribution in [0.1, 0.15) is 10.5 Å². The van der Waals surface area contributed by atoms with Crippen molar-refractivity contribution in [2.24, 2.45) is 0 Å². The second kappa shape index (κ2) is 4.06. The Balaban J connectivity index is 2.60. The molecule has 17 heavy (non-hydrogen) atoms. The molecule has 2 rings (SSSR count). The molecule has 1 aromatic heterocycles. The molecule has 1 aromatic carbocycles. The zero-order valence-electron chi connectivity index (χ0n) is 8.15. The number of halogens is 2. The molecule has 0 saturated heterocycles. The van der Waals surface area contributed by atoms with Gasteiger partial charge in [-0.25, -0.2) is 9.18 Å². The Morgan fingerprint density at radius 2 is 2.18 bits per heavy atom. The Morgan fingerprint density at radius 3 is 2.76 bits per heavy atom. The van der Waals surface area contributed by atoms with E-state index in [0.717, 1.165) is 12.1 Å². The van der Waals surface area contributed by atoms with Crippen molar-refractivity contribution in [2.75, 3.05) is 0 Å². The number of rotatable bonds is 2. The first kappa shape index (κ1) is 11.4. The Hall–Kier alpha value is -2.08. The van der Waals surface area contributed by atoms with E-state index in [1.165, 1.54) is 6.07 Å². The molecule has 0 aliphatic carbocycles. The Morgan fingerprint density at radius 1 is 1.47 bits per heavy atom. The number of phenolic OH excluding ortho intramolecular Hbond substituents is 1. The highest BCUT2D eigenvalue weighted by Gasteiger charge is 2.20. The summed E-state index contributed by atoms with van der Waals surface area (Å²) in [5, 5.41) is 21.3. The van der Waals surface area contributed by atoms with Crippen LogP contribution in [0.3, 0.4) is 0 Å². The molecule has 7 heteroatoms. The maximum absolute atomic E-state index is 13.5. The number of hydrogen-bond acceptors (Lipinski definition) is 4. The van der Waals surface area contributed by atoms with Crippen molar-refractivity contribution in [3.8, 4) is 17.1 Å². The number of benzene rings is 1. The standard InChI is InChI=1S/C10H5ClFNO4/c11-4-1-2-5(12)8(9(4)14)7-3-6(10(15)16)13-17-7/h1-3,14H,(H,15,16). The predicted octanol–water partition coefficient (Wildman–Crippen LogP) is 2.54. The summed E-state index contributed by atoms with van der Waals surface area (Å²) < 4.78 is 18.1. The van der Waals surface area contributed by atoms with Gasteiger partial charge >= 0.3 is 5.97 Å². The van der Waals surface area contributed by atoms with Crippen LogP contribution >= 0.6 is 11.6 Å². The molecule has 0 aliphatic heterocycles. The van der Waals surface area contributed by atoms with E-state index >= 15 is 0 Å². The van der Waals surface area contributed by atoms with Crippen molar-refractivity contribution >= 4 is 17.6 Å². The number of carboxylic acids is 1. The minimum absolute atomic E-state index is 0.0744. The van der Waals surface area contributed by atoms with Gasteiger partial charge in [0.25, 0.3) is 0 Å². The monoisotopic (exact) mass is 257 g/mol. The van der Waals surface area contributed by atoms with Gasteiger partial charge in [0.2, 0.25) is 0 Å². The second-order valence-electron chi connectivity index (χ2n) is 3.13. The van der Waals surface area contributed by atoms with Crippen LogP contribution in [-0.2, 0) is 0 Å². The molecular weight excluding hydrogens is 253 g/mol. The number of aromatic carboxylic acids is 1. The van der Waals surface area contributed by atoms with Gasteiger partial charge in [-0.1, -0.05) is 16.8 Å². The zero-order chi connectivity index (χ0) is 12.6. The second-order valence-corrected chi connectivity index (χ2v) is 3.54. The van der Waals surface area contributed by atoms with Gasteiger partial charge in [-0.3, -0.25) is 0 Å². The van der Waals surface area contributed by atoms with Crippen molar-refractivity contribution < 1.29 is 23.9 Å². The van der Waals surface area contributed by atoms with Gasteiger partial charge in [-0.2, -0.15) is 0 Å². The maximum atomic E-state index is 13.5. The normalized spacial score (nSPS) is 10.5. The smallest absolute Gasteiger partial charge is 0.358 e. The lowest BCUT2D eigenvalue weighted by Crippen LogP contribution is -1.94. The molecule has 0 aliphatic rings. The lowest BCUT2D eigenvalue weighted by Gasteiger charge is -2.03. The van der Waals surface area contributed by atoms with Gasteiger partial charge in [-0.05, 0) is 12.1 Å². The van der Waals surface area contributed by atoms with Gasteiger partial charge in [0.05, 0.1) is 10.6 Å². The fraction of sp³-hybridized carbons (Fsp3) is 0. The summed E-state index contributed by atoms with van der Waals surface area (Å²) in [6, 6.07) is 3.20. The molecule has 0 unspecified atom stereocenters. The Bertz CT molecular complexity index is 596. The minimum atomic E-state index is -1.32. The zero-order valence-corrected chi connectivity index (χ0v) is 8.90. The lowest BCUT2D eigenvalue weighted by atomic mass is 10.1. The summed E-state index contributed by atoms with van der Waals surface area (Å²) in [4.78, 5) is 10.6. The summed E-state index contributed by atoms with van der Waals surface area (Å²) in [7, 11) is 0. The van der Waals surface area contributed by atoms with Crippen molar-refractivity contribution in [3.63, 3.8) is 0 Å². The SMILES string of the molecule is O=C(O)c1cc(-c2c(F)ccc(Cl)c2O)on1. The summed E-state index contributed by atoms with van der Waals surface area (Å²) in [5.74, 6) is -2.85. The molecule has 2 aromatic rings. The fourth-order valence-corrected chi connectivity index (χ4v) is 1.43. The highest BCUT2D eigenvalue weighted by Crippen LogP contribution is 2.37. The van der Waals surface area contributed by atoms with Crippen LogP contribution in [0.2, 0.25) is 5.02 Å². The van der Waals surface area contributed by atoms with Crippen LogP contribution in [0.4, 0.5) is 4.39 Å². The number of aromatic nitrogens is 1. The number of hydrogen-bond donors (Lipinski definition) is 2. The molecule has 1 heterocycles. The third-order valence-corrected chi connectivity index (χ3v) is 2.36. The van der Waals surface area contributed by atoms with E-state index in [0.29, 0.717) is 0 Å². The van der Waals surface area contributed by atoms with Crippen molar-refractivity contribution in [3.05, 3.63) is 34.7 Å². The third-order valence-electron chi connectivity index (χ3n) is 2.05. The number of phenols is 1. The van der Waals surface area contributed by atoms with Crippen LogP contribution in [0, 0.1) is 5.82 Å². The van der Waals surface area contributed by atoms with E-state index in [1.54, 1.807) is 0 Å². The Kier molecular flexibility index (Phi) is 2.72. The molecule has 0 bridgehead atoms. The number of nitrogens with zero attached hydrogens (tertiary/aromatic N) is 1. The van der Waals surface area contributed by atoms with Crippen LogP contribution in [0.15, 0.2) is 22.7 Å². The number of aromatic hydroxyl groups is 1. The van der Waals surface area contributed by atoms with Crippen LogP contribution < -0.4 is 0 Å². The van der Waals surface area contributed by atoms with E-state index < -0.39 is 23.2 Å². The molecule has 0 amide bonds. The molecule has 0 fully saturated rings. The first-order valence-electron chi connectivity index (χ1n) is 4.38. The molecule has 2 N–H and O–H groups in total. The van der Waals surface area contributed by atoms with Crippen molar-refractivity contribution in [1.82, 2.24) is 5.16 Å². The quantitative estimate of drug-likeness (QED) is 0.864. The van der Waals surface area contributed by atoms with Gasteiger partial charge < -0.3 is 14.7 Å². The van der Waals surface area contributed by atoms with Gasteiger partial charge in [0.15, 0.2) is 11.5 Å². The highest BCUT2D eigenvalue weighted by molar-refractivity contribution is 6.32. The van der Waals surface area contributed by atoms with Gasteiger partial charge in [0, 0.05) is 6.07 Å². The first-order chi connectivity index (χ1) is 8.00. The van der Waals surface area contributed by atoms with E-state index in [-0.39, 0.29) is 16.3 Å². The van der Waals surface area contributed by atoms with Crippen LogP contribution in [-0.4, -0.2) is 21.3 Å². The van der Waals surface area contributed by atoms with E-state index in [1.807, 2.05) is 0 Å². The summed E-state index contributed by atoms with van der Waals surface area (Å²) in [5.41, 5.74) is -0.712. The fourth-order valence-electron chi connectivity index (χ4n) is 1.27. The summed E-state index contributed by atoms with van der Waals surface area (Å²) in [6.07, 6.45) is 0. The van der Waals surface area contributed by atoms with Crippen molar-refractivity contribution in [2.45, 2.75) is 0 Å². The largest absolute Gasteiger partial charge is 0.505 e. The maximum Gasteiger partial charge on any atom is 0.358 e. The van der Waals surface area contributed by atoms with Gasteiger partial charge in [0.1, 0.15) is 11.6 Å². The third kappa shape index (κ3) is 1.94. The van der Waals surface area contributed by atoms with Crippen LogP contribution in [0.5, 0.6) is 5.75 Å². The molecule has 88 valence electrons. The molecule has 0 saturated carbocycles. The summed E-state index contributed by atoms with van der Waals surface area (Å²) >= 11 is 5.61. The topological polar surface area (TPSA) is 83.6 Å². The Labute approximate surface area is 99.0 Å². The average molecular weight is 258 g/mol. The lowest BCUT2D eigenvalue weighted by molar-refractivity contribution is 0.0686. The van der Waals surface area contributed by atoms with Gasteiger partial charge in [-0.15, -0.1) is 0 Å². The molecule has 5 nitrogen and oxygen atoms in total. The van der Waals surface area contributed by atoms with Crippen LogP contribution in [0.25, 0.3) is 11.3 Å².